The minimum absolute atomic E-state index is 0.0838. The van der Waals surface area contributed by atoms with Crippen LogP contribution in [0.4, 0.5) is 17.1 Å². The zero-order chi connectivity index (χ0) is 24.9. The molecule has 35 heavy (non-hydrogen) atoms. The zero-order valence-corrected chi connectivity index (χ0v) is 20.3. The summed E-state index contributed by atoms with van der Waals surface area (Å²) in [4.78, 5) is 30.3. The molecule has 7 nitrogen and oxygen atoms in total. The molecular formula is C27H23N3O4S. The van der Waals surface area contributed by atoms with Crippen LogP contribution in [-0.2, 0) is 10.0 Å². The highest BCUT2D eigenvalue weighted by molar-refractivity contribution is 7.92. The van der Waals surface area contributed by atoms with Crippen LogP contribution in [0, 0.1) is 6.92 Å². The lowest BCUT2D eigenvalue weighted by Crippen LogP contribution is -2.41. The van der Waals surface area contributed by atoms with Gasteiger partial charge in [0.05, 0.1) is 16.3 Å². The molecule has 4 aromatic rings. The van der Waals surface area contributed by atoms with Gasteiger partial charge in [-0.1, -0.05) is 42.0 Å². The number of carbonyl (C=O) groups excluding carboxylic acids is 2. The molecule has 0 unspecified atom stereocenters. The lowest BCUT2D eigenvalue weighted by molar-refractivity contribution is 0.0893. The lowest BCUT2D eigenvalue weighted by Gasteiger charge is -2.30. The molecule has 0 radical (unpaired) electrons. The normalized spacial score (nSPS) is 13.3. The fourth-order valence-corrected chi connectivity index (χ4v) is 5.44. The molecule has 0 saturated heterocycles. The fourth-order valence-electron chi connectivity index (χ4n) is 4.37. The van der Waals surface area contributed by atoms with Gasteiger partial charge in [-0.15, -0.1) is 0 Å². The highest BCUT2D eigenvalue weighted by Gasteiger charge is 2.36. The Labute approximate surface area is 203 Å². The van der Waals surface area contributed by atoms with E-state index in [4.69, 9.17) is 0 Å². The summed E-state index contributed by atoms with van der Waals surface area (Å²) in [6.07, 6.45) is 0. The number of anilines is 3. The van der Waals surface area contributed by atoms with Crippen LogP contribution < -0.4 is 14.5 Å². The number of imide groups is 1. The van der Waals surface area contributed by atoms with Crippen molar-refractivity contribution in [1.29, 1.82) is 0 Å². The van der Waals surface area contributed by atoms with Crippen LogP contribution in [0.2, 0.25) is 0 Å². The second-order valence-electron chi connectivity index (χ2n) is 8.64. The van der Waals surface area contributed by atoms with Crippen molar-refractivity contribution in [1.82, 2.24) is 0 Å². The molecule has 1 aliphatic heterocycles. The molecule has 2 amide bonds. The van der Waals surface area contributed by atoms with E-state index in [1.807, 2.05) is 38.1 Å². The number of nitrogens with zero attached hydrogens (tertiary/aromatic N) is 2. The van der Waals surface area contributed by atoms with Gasteiger partial charge in [-0.05, 0) is 49.4 Å². The van der Waals surface area contributed by atoms with Gasteiger partial charge in [-0.25, -0.2) is 13.3 Å². The van der Waals surface area contributed by atoms with Crippen molar-refractivity contribution in [3.05, 3.63) is 95.6 Å². The second-order valence-corrected chi connectivity index (χ2v) is 10.3. The number of aryl methyl sites for hydroxylation is 1. The van der Waals surface area contributed by atoms with E-state index in [0.717, 1.165) is 21.5 Å². The molecule has 1 aliphatic rings. The van der Waals surface area contributed by atoms with Crippen LogP contribution in [0.5, 0.6) is 0 Å². The Morgan fingerprint density at radius 3 is 2.11 bits per heavy atom. The minimum Gasteiger partial charge on any atom is -0.377 e. The van der Waals surface area contributed by atoms with E-state index in [2.05, 4.69) is 4.72 Å². The Morgan fingerprint density at radius 2 is 1.43 bits per heavy atom. The third-order valence-electron chi connectivity index (χ3n) is 6.09. The minimum atomic E-state index is -3.95. The highest BCUT2D eigenvalue weighted by Crippen LogP contribution is 2.39. The van der Waals surface area contributed by atoms with E-state index in [-0.39, 0.29) is 16.3 Å². The van der Waals surface area contributed by atoms with Crippen molar-refractivity contribution in [3.63, 3.8) is 0 Å². The van der Waals surface area contributed by atoms with Gasteiger partial charge in [0.15, 0.2) is 0 Å². The Morgan fingerprint density at radius 1 is 0.771 bits per heavy atom. The van der Waals surface area contributed by atoms with Crippen molar-refractivity contribution in [2.75, 3.05) is 28.6 Å². The molecule has 4 aromatic carbocycles. The predicted octanol–water partition coefficient (Wildman–Crippen LogP) is 4.82. The van der Waals surface area contributed by atoms with Crippen molar-refractivity contribution >= 4 is 49.7 Å². The van der Waals surface area contributed by atoms with Crippen LogP contribution in [0.3, 0.4) is 0 Å². The smallest absolute Gasteiger partial charge is 0.266 e. The number of rotatable bonds is 5. The molecule has 0 bridgehead atoms. The average Bonchev–Trinajstić information content (AvgIpc) is 2.83. The summed E-state index contributed by atoms with van der Waals surface area (Å²) >= 11 is 0. The summed E-state index contributed by atoms with van der Waals surface area (Å²) in [7, 11) is -0.143. The van der Waals surface area contributed by atoms with Gasteiger partial charge in [0, 0.05) is 41.7 Å². The maximum atomic E-state index is 13.6. The summed E-state index contributed by atoms with van der Waals surface area (Å²) in [5, 5.41) is 1.40. The highest BCUT2D eigenvalue weighted by atomic mass is 32.2. The first-order valence-electron chi connectivity index (χ1n) is 11.0. The Kier molecular flexibility index (Phi) is 5.33. The summed E-state index contributed by atoms with van der Waals surface area (Å²) in [6, 6.07) is 21.7. The van der Waals surface area contributed by atoms with Crippen LogP contribution in [0.1, 0.15) is 26.3 Å². The molecule has 0 aromatic heterocycles. The molecule has 0 spiro atoms. The van der Waals surface area contributed by atoms with Crippen molar-refractivity contribution < 1.29 is 18.0 Å². The molecule has 1 heterocycles. The van der Waals surface area contributed by atoms with Gasteiger partial charge in [0.2, 0.25) is 0 Å². The molecule has 0 atom stereocenters. The SMILES string of the molecule is Cc1ccc(S(=O)(=O)Nc2ccccc2N2C(=O)c3cccc4c(N(C)C)ccc(c34)C2=O)cc1. The number of carbonyl (C=O) groups is 2. The number of hydrogen-bond donors (Lipinski definition) is 1. The van der Waals surface area contributed by atoms with Crippen LogP contribution in [0.25, 0.3) is 10.8 Å². The number of amides is 2. The first-order valence-corrected chi connectivity index (χ1v) is 12.5. The molecule has 1 N–H and O–H groups in total. The van der Waals surface area contributed by atoms with E-state index in [1.165, 1.54) is 18.2 Å². The van der Waals surface area contributed by atoms with E-state index in [0.29, 0.717) is 16.5 Å². The van der Waals surface area contributed by atoms with Crippen molar-refractivity contribution in [3.8, 4) is 0 Å². The van der Waals surface area contributed by atoms with Gasteiger partial charge >= 0.3 is 0 Å². The summed E-state index contributed by atoms with van der Waals surface area (Å²) in [6.45, 7) is 1.87. The number of nitrogens with one attached hydrogen (secondary N) is 1. The zero-order valence-electron chi connectivity index (χ0n) is 19.4. The molecule has 0 saturated carbocycles. The Hall–Kier alpha value is -4.17. The standard InChI is InChI=1S/C27H23N3O4S/c1-17-11-13-18(14-12-17)35(33,34)28-22-9-4-5-10-24(22)30-26(31)20-8-6-7-19-23(29(2)3)16-15-21(25(19)20)27(30)32/h4-16,28H,1-3H3. The van der Waals surface area contributed by atoms with Crippen LogP contribution in [0.15, 0.2) is 83.8 Å². The topological polar surface area (TPSA) is 86.8 Å². The Balaban J connectivity index is 1.62. The molecule has 5 rings (SSSR count). The largest absolute Gasteiger partial charge is 0.377 e. The van der Waals surface area contributed by atoms with Gasteiger partial charge in [-0.2, -0.15) is 0 Å². The summed E-state index contributed by atoms with van der Waals surface area (Å²) < 4.78 is 28.7. The van der Waals surface area contributed by atoms with Gasteiger partial charge in [-0.3, -0.25) is 14.3 Å². The second kappa shape index (κ2) is 8.25. The third-order valence-corrected chi connectivity index (χ3v) is 7.47. The fraction of sp³-hybridized carbons (Fsp3) is 0.111. The summed E-state index contributed by atoms with van der Waals surface area (Å²) in [5.41, 5.74) is 2.90. The van der Waals surface area contributed by atoms with Gasteiger partial charge < -0.3 is 4.90 Å². The van der Waals surface area contributed by atoms with Crippen LogP contribution in [-0.4, -0.2) is 34.3 Å². The molecule has 176 valence electrons. The van der Waals surface area contributed by atoms with Crippen molar-refractivity contribution in [2.45, 2.75) is 11.8 Å². The molecule has 0 aliphatic carbocycles. The number of sulfonamides is 1. The van der Waals surface area contributed by atoms with E-state index in [1.54, 1.807) is 48.5 Å². The van der Waals surface area contributed by atoms with E-state index >= 15 is 0 Å². The first-order chi connectivity index (χ1) is 16.7. The Bertz CT molecular complexity index is 1590. The van der Waals surface area contributed by atoms with E-state index < -0.39 is 21.8 Å². The quantitative estimate of drug-likeness (QED) is 0.410. The third kappa shape index (κ3) is 3.72. The monoisotopic (exact) mass is 485 g/mol. The molecule has 0 fully saturated rings. The molecule has 8 heteroatoms. The maximum Gasteiger partial charge on any atom is 0.266 e. The van der Waals surface area contributed by atoms with Crippen LogP contribution >= 0.6 is 0 Å². The average molecular weight is 486 g/mol. The van der Waals surface area contributed by atoms with Gasteiger partial charge in [0.25, 0.3) is 21.8 Å². The summed E-state index contributed by atoms with van der Waals surface area (Å²) in [5.74, 6) is -1.02. The maximum absolute atomic E-state index is 13.6. The van der Waals surface area contributed by atoms with Crippen molar-refractivity contribution in [2.24, 2.45) is 0 Å². The van der Waals surface area contributed by atoms with E-state index in [9.17, 15) is 18.0 Å². The number of hydrogen-bond acceptors (Lipinski definition) is 5. The predicted molar refractivity (Wildman–Crippen MR) is 138 cm³/mol. The lowest BCUT2D eigenvalue weighted by atomic mass is 9.92. The van der Waals surface area contributed by atoms with Gasteiger partial charge in [0.1, 0.15) is 0 Å². The molecular weight excluding hydrogens is 462 g/mol. The number of para-hydroxylation sites is 2. The first kappa shape index (κ1) is 22.6. The number of benzene rings is 4.